The fourth-order valence-corrected chi connectivity index (χ4v) is 2.72. The first-order chi connectivity index (χ1) is 9.11. The first-order valence-corrected chi connectivity index (χ1v) is 7.63. The number of rotatable bonds is 4. The molecule has 1 aromatic carbocycles. The monoisotopic (exact) mass is 415 g/mol. The van der Waals surface area contributed by atoms with Gasteiger partial charge in [0.05, 0.1) is 11.1 Å². The van der Waals surface area contributed by atoms with Gasteiger partial charge in [0.1, 0.15) is 0 Å². The molecule has 0 radical (unpaired) electrons. The summed E-state index contributed by atoms with van der Waals surface area (Å²) in [5, 5.41) is 2.58. The zero-order valence-electron chi connectivity index (χ0n) is 10.9. The summed E-state index contributed by atoms with van der Waals surface area (Å²) in [4.78, 5) is 12.1. The Hall–Kier alpha value is -0.560. The molecular weight excluding hydrogens is 403 g/mol. The predicted molar refractivity (Wildman–Crippen MR) is 79.1 cm³/mol. The summed E-state index contributed by atoms with van der Waals surface area (Å²) in [5.41, 5.74) is -1.31. The molecule has 2 nitrogen and oxygen atoms in total. The van der Waals surface area contributed by atoms with Gasteiger partial charge in [-0.05, 0) is 31.5 Å². The number of alkyl halides is 4. The molecule has 112 valence electrons. The van der Waals surface area contributed by atoms with E-state index in [1.165, 1.54) is 12.1 Å². The number of carbonyl (C=O) groups is 1. The van der Waals surface area contributed by atoms with Crippen LogP contribution in [-0.4, -0.2) is 16.8 Å². The second kappa shape index (κ2) is 6.93. The van der Waals surface area contributed by atoms with Crippen LogP contribution in [-0.2, 0) is 6.18 Å². The summed E-state index contributed by atoms with van der Waals surface area (Å²) in [6.07, 6.45) is -3.94. The fourth-order valence-electron chi connectivity index (χ4n) is 1.80. The van der Waals surface area contributed by atoms with Crippen LogP contribution in [0.4, 0.5) is 13.2 Å². The van der Waals surface area contributed by atoms with Crippen molar-refractivity contribution in [3.8, 4) is 0 Å². The maximum absolute atomic E-state index is 12.9. The molecule has 0 aliphatic rings. The third kappa shape index (κ3) is 5.09. The van der Waals surface area contributed by atoms with Crippen molar-refractivity contribution in [1.29, 1.82) is 0 Å². The Bertz CT molecular complexity index is 489. The van der Waals surface area contributed by atoms with E-state index >= 15 is 0 Å². The molecule has 7 heteroatoms. The topological polar surface area (TPSA) is 29.1 Å². The first kappa shape index (κ1) is 17.5. The second-order valence-corrected chi connectivity index (χ2v) is 7.06. The fraction of sp³-hybridized carbons (Fsp3) is 0.462. The van der Waals surface area contributed by atoms with Gasteiger partial charge in [-0.25, -0.2) is 0 Å². The van der Waals surface area contributed by atoms with Gasteiger partial charge >= 0.3 is 6.18 Å². The number of hydrogen-bond acceptors (Lipinski definition) is 1. The molecule has 2 atom stereocenters. The van der Waals surface area contributed by atoms with E-state index in [0.717, 1.165) is 6.07 Å². The van der Waals surface area contributed by atoms with Crippen LogP contribution < -0.4 is 5.32 Å². The quantitative estimate of drug-likeness (QED) is 0.704. The van der Waals surface area contributed by atoms with Gasteiger partial charge in [-0.2, -0.15) is 13.2 Å². The third-order valence-corrected chi connectivity index (χ3v) is 3.45. The normalized spacial score (nSPS) is 14.8. The van der Waals surface area contributed by atoms with E-state index in [2.05, 4.69) is 37.2 Å². The van der Waals surface area contributed by atoms with E-state index in [1.807, 2.05) is 6.92 Å². The Labute approximate surface area is 132 Å². The standard InChI is InChI=1S/C13H14Br2F3NO/c1-7(14)5-8(2)19-12(20)10-4-3-9(15)6-11(10)13(16,17)18/h3-4,6-8H,5H2,1-2H3,(H,19,20). The second-order valence-electron chi connectivity index (χ2n) is 4.58. The van der Waals surface area contributed by atoms with Gasteiger partial charge in [0.25, 0.3) is 5.91 Å². The molecule has 0 heterocycles. The highest BCUT2D eigenvalue weighted by Gasteiger charge is 2.35. The van der Waals surface area contributed by atoms with Crippen molar-refractivity contribution < 1.29 is 18.0 Å². The number of benzene rings is 1. The van der Waals surface area contributed by atoms with Crippen LogP contribution in [0, 0.1) is 0 Å². The van der Waals surface area contributed by atoms with Crippen molar-refractivity contribution in [1.82, 2.24) is 5.32 Å². The Kier molecular flexibility index (Phi) is 6.06. The molecular formula is C13H14Br2F3NO. The average Bonchev–Trinajstić information content (AvgIpc) is 2.25. The summed E-state index contributed by atoms with van der Waals surface area (Å²) in [7, 11) is 0. The summed E-state index contributed by atoms with van der Waals surface area (Å²) < 4.78 is 39.1. The molecule has 2 unspecified atom stereocenters. The van der Waals surface area contributed by atoms with Crippen LogP contribution in [0.25, 0.3) is 0 Å². The lowest BCUT2D eigenvalue weighted by atomic mass is 10.1. The molecule has 0 aliphatic carbocycles. The first-order valence-electron chi connectivity index (χ1n) is 5.93. The number of hydrogen-bond donors (Lipinski definition) is 1. The van der Waals surface area contributed by atoms with Crippen molar-refractivity contribution in [2.75, 3.05) is 0 Å². The summed E-state index contributed by atoms with van der Waals surface area (Å²) in [6.45, 7) is 3.66. The molecule has 0 fully saturated rings. The van der Waals surface area contributed by atoms with Crippen LogP contribution in [0.15, 0.2) is 22.7 Å². The average molecular weight is 417 g/mol. The van der Waals surface area contributed by atoms with Gasteiger partial charge in [0.2, 0.25) is 0 Å². The summed E-state index contributed by atoms with van der Waals surface area (Å²) in [5.74, 6) is -0.717. The molecule has 0 saturated carbocycles. The Morgan fingerprint density at radius 3 is 2.45 bits per heavy atom. The summed E-state index contributed by atoms with van der Waals surface area (Å²) >= 11 is 6.32. The lowest BCUT2D eigenvalue weighted by molar-refractivity contribution is -0.138. The molecule has 0 saturated heterocycles. The number of amides is 1. The highest BCUT2D eigenvalue weighted by Crippen LogP contribution is 2.33. The highest BCUT2D eigenvalue weighted by atomic mass is 79.9. The SMILES string of the molecule is CC(Br)CC(C)NC(=O)c1ccc(Br)cc1C(F)(F)F. The van der Waals surface area contributed by atoms with Gasteiger partial charge in [-0.1, -0.05) is 38.8 Å². The van der Waals surface area contributed by atoms with Gasteiger partial charge in [0.15, 0.2) is 0 Å². The van der Waals surface area contributed by atoms with E-state index in [0.29, 0.717) is 6.42 Å². The van der Waals surface area contributed by atoms with E-state index in [-0.39, 0.29) is 20.9 Å². The van der Waals surface area contributed by atoms with Crippen LogP contribution in [0.1, 0.15) is 36.2 Å². The van der Waals surface area contributed by atoms with Crippen LogP contribution in [0.5, 0.6) is 0 Å². The van der Waals surface area contributed by atoms with Crippen LogP contribution in [0.2, 0.25) is 0 Å². The minimum absolute atomic E-state index is 0.171. The molecule has 0 aliphatic heterocycles. The molecule has 0 spiro atoms. The Morgan fingerprint density at radius 2 is 1.95 bits per heavy atom. The van der Waals surface area contributed by atoms with Gasteiger partial charge in [-0.15, -0.1) is 0 Å². The van der Waals surface area contributed by atoms with E-state index in [1.54, 1.807) is 6.92 Å². The highest BCUT2D eigenvalue weighted by molar-refractivity contribution is 9.10. The molecule has 1 rings (SSSR count). The van der Waals surface area contributed by atoms with Gasteiger partial charge in [-0.3, -0.25) is 4.79 Å². The zero-order chi connectivity index (χ0) is 15.5. The number of halogens is 5. The van der Waals surface area contributed by atoms with E-state index < -0.39 is 17.6 Å². The van der Waals surface area contributed by atoms with Crippen molar-refractivity contribution in [2.24, 2.45) is 0 Å². The van der Waals surface area contributed by atoms with E-state index in [9.17, 15) is 18.0 Å². The van der Waals surface area contributed by atoms with Crippen molar-refractivity contribution in [3.63, 3.8) is 0 Å². The number of carbonyl (C=O) groups excluding carboxylic acids is 1. The van der Waals surface area contributed by atoms with Crippen molar-refractivity contribution in [3.05, 3.63) is 33.8 Å². The minimum Gasteiger partial charge on any atom is -0.350 e. The molecule has 1 amide bonds. The Morgan fingerprint density at radius 1 is 1.35 bits per heavy atom. The zero-order valence-corrected chi connectivity index (χ0v) is 14.1. The molecule has 20 heavy (non-hydrogen) atoms. The molecule has 0 bridgehead atoms. The van der Waals surface area contributed by atoms with Crippen LogP contribution in [0.3, 0.4) is 0 Å². The number of nitrogens with one attached hydrogen (secondary N) is 1. The van der Waals surface area contributed by atoms with Crippen molar-refractivity contribution >= 4 is 37.8 Å². The molecule has 1 aromatic rings. The molecule has 0 aromatic heterocycles. The largest absolute Gasteiger partial charge is 0.417 e. The third-order valence-electron chi connectivity index (χ3n) is 2.59. The minimum atomic E-state index is -4.57. The maximum Gasteiger partial charge on any atom is 0.417 e. The van der Waals surface area contributed by atoms with Gasteiger partial charge < -0.3 is 5.32 Å². The lowest BCUT2D eigenvalue weighted by Gasteiger charge is -2.18. The predicted octanol–water partition coefficient (Wildman–Crippen LogP) is 4.76. The van der Waals surface area contributed by atoms with E-state index in [4.69, 9.17) is 0 Å². The smallest absolute Gasteiger partial charge is 0.350 e. The Balaban J connectivity index is 2.99. The maximum atomic E-state index is 12.9. The molecule has 1 N–H and O–H groups in total. The lowest BCUT2D eigenvalue weighted by Crippen LogP contribution is -2.35. The van der Waals surface area contributed by atoms with Crippen LogP contribution >= 0.6 is 31.9 Å². The van der Waals surface area contributed by atoms with Gasteiger partial charge in [0, 0.05) is 15.3 Å². The summed E-state index contributed by atoms with van der Waals surface area (Å²) in [6, 6.07) is 3.28. The van der Waals surface area contributed by atoms with Crippen molar-refractivity contribution in [2.45, 2.75) is 37.3 Å².